The molecule has 3 rings (SSSR count). The van der Waals surface area contributed by atoms with Crippen molar-refractivity contribution in [2.75, 3.05) is 12.3 Å². The third kappa shape index (κ3) is 3.22. The molecule has 100 valence electrons. The van der Waals surface area contributed by atoms with Crippen LogP contribution in [0.25, 0.3) is 0 Å². The average Bonchev–Trinajstić information content (AvgIpc) is 3.05. The number of benzene rings is 1. The van der Waals surface area contributed by atoms with Gasteiger partial charge in [-0.1, -0.05) is 24.3 Å². The van der Waals surface area contributed by atoms with Gasteiger partial charge in [-0.15, -0.1) is 23.1 Å². The van der Waals surface area contributed by atoms with Crippen LogP contribution in [0.15, 0.2) is 46.7 Å². The van der Waals surface area contributed by atoms with E-state index in [1.54, 1.807) is 0 Å². The van der Waals surface area contributed by atoms with E-state index in [-0.39, 0.29) is 0 Å². The molecule has 1 aliphatic rings. The Kier molecular flexibility index (Phi) is 4.26. The lowest BCUT2D eigenvalue weighted by atomic mass is 10.0. The van der Waals surface area contributed by atoms with E-state index in [1.807, 2.05) is 23.1 Å². The first-order valence-electron chi connectivity index (χ1n) is 6.80. The highest BCUT2D eigenvalue weighted by Crippen LogP contribution is 2.38. The average molecular weight is 289 g/mol. The molecule has 3 heteroatoms. The van der Waals surface area contributed by atoms with Gasteiger partial charge in [0.25, 0.3) is 0 Å². The normalized spacial score (nSPS) is 19.3. The zero-order valence-corrected chi connectivity index (χ0v) is 12.8. The van der Waals surface area contributed by atoms with E-state index >= 15 is 0 Å². The zero-order valence-electron chi connectivity index (χ0n) is 11.1. The first-order chi connectivity index (χ1) is 9.33. The molecule has 2 aromatic rings. The molecule has 0 amide bonds. The SMILES string of the molecule is CC(Cc1cccs1)NCC1CSc2ccccc21. The topological polar surface area (TPSA) is 12.0 Å². The lowest BCUT2D eigenvalue weighted by Gasteiger charge is -2.17. The first kappa shape index (κ1) is 13.2. The van der Waals surface area contributed by atoms with Crippen molar-refractivity contribution in [3.8, 4) is 0 Å². The Morgan fingerprint density at radius 2 is 2.16 bits per heavy atom. The molecular formula is C16H19NS2. The van der Waals surface area contributed by atoms with Gasteiger partial charge in [0, 0.05) is 34.0 Å². The molecule has 0 fully saturated rings. The van der Waals surface area contributed by atoms with Crippen LogP contribution in [0.1, 0.15) is 23.3 Å². The van der Waals surface area contributed by atoms with Crippen LogP contribution in [0.2, 0.25) is 0 Å². The summed E-state index contributed by atoms with van der Waals surface area (Å²) in [5, 5.41) is 5.86. The quantitative estimate of drug-likeness (QED) is 0.887. The molecule has 2 atom stereocenters. The van der Waals surface area contributed by atoms with Crippen LogP contribution in [0.3, 0.4) is 0 Å². The third-order valence-corrected chi connectivity index (χ3v) is 5.75. The summed E-state index contributed by atoms with van der Waals surface area (Å²) < 4.78 is 0. The summed E-state index contributed by atoms with van der Waals surface area (Å²) in [6.45, 7) is 3.38. The molecule has 0 spiro atoms. The van der Waals surface area contributed by atoms with Gasteiger partial charge < -0.3 is 5.32 Å². The fourth-order valence-corrected chi connectivity index (χ4v) is 4.63. The molecule has 1 N–H and O–H groups in total. The van der Waals surface area contributed by atoms with Gasteiger partial charge in [0.15, 0.2) is 0 Å². The lowest BCUT2D eigenvalue weighted by molar-refractivity contribution is 0.522. The van der Waals surface area contributed by atoms with Crippen molar-refractivity contribution in [1.82, 2.24) is 5.32 Å². The molecule has 1 nitrogen and oxygen atoms in total. The van der Waals surface area contributed by atoms with Crippen molar-refractivity contribution in [2.45, 2.75) is 30.2 Å². The molecule has 1 aromatic heterocycles. The summed E-state index contributed by atoms with van der Waals surface area (Å²) >= 11 is 3.85. The Morgan fingerprint density at radius 1 is 1.26 bits per heavy atom. The fourth-order valence-electron chi connectivity index (χ4n) is 2.54. The van der Waals surface area contributed by atoms with Crippen LogP contribution in [0.4, 0.5) is 0 Å². The molecule has 1 aromatic carbocycles. The Balaban J connectivity index is 1.53. The van der Waals surface area contributed by atoms with Gasteiger partial charge in [-0.05, 0) is 36.4 Å². The van der Waals surface area contributed by atoms with E-state index in [0.29, 0.717) is 12.0 Å². The van der Waals surface area contributed by atoms with Gasteiger partial charge in [-0.2, -0.15) is 0 Å². The second-order valence-electron chi connectivity index (χ2n) is 5.14. The van der Waals surface area contributed by atoms with E-state index in [1.165, 1.54) is 21.1 Å². The maximum absolute atomic E-state index is 3.70. The standard InChI is InChI=1S/C16H19NS2/c1-12(9-14-5-4-8-18-14)17-10-13-11-19-16-7-3-2-6-15(13)16/h2-8,12-13,17H,9-11H2,1H3. The highest BCUT2D eigenvalue weighted by molar-refractivity contribution is 7.99. The summed E-state index contributed by atoms with van der Waals surface area (Å²) in [5.74, 6) is 1.89. The van der Waals surface area contributed by atoms with E-state index in [0.717, 1.165) is 13.0 Å². The largest absolute Gasteiger partial charge is 0.313 e. The summed E-state index contributed by atoms with van der Waals surface area (Å²) in [6, 6.07) is 13.7. The Morgan fingerprint density at radius 3 is 3.00 bits per heavy atom. The summed E-state index contributed by atoms with van der Waals surface area (Å²) in [4.78, 5) is 2.95. The van der Waals surface area contributed by atoms with Gasteiger partial charge in [-0.3, -0.25) is 0 Å². The van der Waals surface area contributed by atoms with E-state index < -0.39 is 0 Å². The molecule has 19 heavy (non-hydrogen) atoms. The monoisotopic (exact) mass is 289 g/mol. The minimum Gasteiger partial charge on any atom is -0.313 e. The van der Waals surface area contributed by atoms with Crippen LogP contribution in [0, 0.1) is 0 Å². The highest BCUT2D eigenvalue weighted by atomic mass is 32.2. The van der Waals surface area contributed by atoms with Gasteiger partial charge in [-0.25, -0.2) is 0 Å². The molecule has 0 radical (unpaired) electrons. The predicted octanol–water partition coefficient (Wildman–Crippen LogP) is 4.16. The zero-order chi connectivity index (χ0) is 13.1. The van der Waals surface area contributed by atoms with Gasteiger partial charge >= 0.3 is 0 Å². The van der Waals surface area contributed by atoms with E-state index in [2.05, 4.69) is 54.0 Å². The van der Waals surface area contributed by atoms with E-state index in [4.69, 9.17) is 0 Å². The van der Waals surface area contributed by atoms with Crippen LogP contribution >= 0.6 is 23.1 Å². The minimum atomic E-state index is 0.552. The Hall–Kier alpha value is -0.770. The second kappa shape index (κ2) is 6.12. The second-order valence-corrected chi connectivity index (χ2v) is 7.23. The van der Waals surface area contributed by atoms with Crippen molar-refractivity contribution in [3.05, 3.63) is 52.2 Å². The highest BCUT2D eigenvalue weighted by Gasteiger charge is 2.22. The molecular weight excluding hydrogens is 270 g/mol. The number of thiophene rings is 1. The molecule has 0 aliphatic carbocycles. The molecule has 2 unspecified atom stereocenters. The van der Waals surface area contributed by atoms with Crippen LogP contribution in [0.5, 0.6) is 0 Å². The number of nitrogens with one attached hydrogen (secondary N) is 1. The summed E-state index contributed by atoms with van der Waals surface area (Å²) in [6.07, 6.45) is 1.14. The fraction of sp³-hybridized carbons (Fsp3) is 0.375. The van der Waals surface area contributed by atoms with Crippen LogP contribution < -0.4 is 5.32 Å². The summed E-state index contributed by atoms with van der Waals surface area (Å²) in [7, 11) is 0. The predicted molar refractivity (Wildman–Crippen MR) is 85.4 cm³/mol. The first-order valence-corrected chi connectivity index (χ1v) is 8.67. The number of fused-ring (bicyclic) bond motifs is 1. The number of rotatable bonds is 5. The van der Waals surface area contributed by atoms with Gasteiger partial charge in [0.2, 0.25) is 0 Å². The minimum absolute atomic E-state index is 0.552. The van der Waals surface area contributed by atoms with Crippen molar-refractivity contribution < 1.29 is 0 Å². The van der Waals surface area contributed by atoms with E-state index in [9.17, 15) is 0 Å². The Labute approximate surface area is 123 Å². The number of hydrogen-bond donors (Lipinski definition) is 1. The third-order valence-electron chi connectivity index (χ3n) is 3.60. The maximum atomic E-state index is 3.70. The van der Waals surface area contributed by atoms with Crippen molar-refractivity contribution in [1.29, 1.82) is 0 Å². The van der Waals surface area contributed by atoms with Crippen LogP contribution in [-0.4, -0.2) is 18.3 Å². The molecule has 2 heterocycles. The smallest absolute Gasteiger partial charge is 0.0108 e. The summed E-state index contributed by atoms with van der Waals surface area (Å²) in [5.41, 5.74) is 1.53. The Bertz CT molecular complexity index is 521. The van der Waals surface area contributed by atoms with Gasteiger partial charge in [0.1, 0.15) is 0 Å². The lowest BCUT2D eigenvalue weighted by Crippen LogP contribution is -2.31. The van der Waals surface area contributed by atoms with Crippen LogP contribution in [-0.2, 0) is 6.42 Å². The number of thioether (sulfide) groups is 1. The maximum Gasteiger partial charge on any atom is 0.0108 e. The van der Waals surface area contributed by atoms with Crippen molar-refractivity contribution in [2.24, 2.45) is 0 Å². The molecule has 0 saturated carbocycles. The molecule has 1 aliphatic heterocycles. The van der Waals surface area contributed by atoms with Crippen molar-refractivity contribution >= 4 is 23.1 Å². The van der Waals surface area contributed by atoms with Gasteiger partial charge in [0.05, 0.1) is 0 Å². The van der Waals surface area contributed by atoms with Crippen molar-refractivity contribution in [3.63, 3.8) is 0 Å². The number of hydrogen-bond acceptors (Lipinski definition) is 3. The molecule has 0 saturated heterocycles. The molecule has 0 bridgehead atoms.